The number of nitrogens with two attached hydrogens (primary N) is 2. The first-order valence-electron chi connectivity index (χ1n) is 25.3. The number of aliphatic hydroxyl groups excluding tert-OH is 1. The number of hydrogen-bond acceptors (Lipinski definition) is 13. The highest BCUT2D eigenvalue weighted by molar-refractivity contribution is 5.97. The first kappa shape index (κ1) is 63.4. The molecule has 0 aromatic heterocycles. The van der Waals surface area contributed by atoms with Gasteiger partial charge in [-0.25, -0.2) is 9.59 Å². The van der Waals surface area contributed by atoms with E-state index in [0.717, 1.165) is 10.5 Å². The fraction of sp³-hybridized carbons (Fsp3) is 0.509. The third-order valence-corrected chi connectivity index (χ3v) is 13.2. The van der Waals surface area contributed by atoms with Gasteiger partial charge in [0.2, 0.25) is 41.4 Å². The summed E-state index contributed by atoms with van der Waals surface area (Å²) in [4.78, 5) is 128. The Morgan fingerprint density at radius 2 is 1.39 bits per heavy atom. The second-order valence-electron chi connectivity index (χ2n) is 19.2. The molecule has 3 rings (SSSR count). The number of carboxylic acid groups (broad SMARTS) is 2. The number of phenolic OH excluding ortho intramolecular Hbond substituents is 1. The number of aryl methyl sites for hydroxylation is 1. The number of phenols is 1. The summed E-state index contributed by atoms with van der Waals surface area (Å²) >= 11 is 0. The number of aliphatic hydroxyl groups is 1. The maximum absolute atomic E-state index is 14.5. The molecule has 0 bridgehead atoms. The van der Waals surface area contributed by atoms with Gasteiger partial charge >= 0.3 is 11.9 Å². The Labute approximate surface area is 447 Å². The number of rotatable bonds is 17. The van der Waals surface area contributed by atoms with Crippen LogP contribution in [0.2, 0.25) is 0 Å². The minimum atomic E-state index is -1.96. The molecule has 0 radical (unpaired) electrons. The van der Waals surface area contributed by atoms with Crippen LogP contribution in [0.5, 0.6) is 5.75 Å². The fourth-order valence-corrected chi connectivity index (χ4v) is 8.29. The molecule has 0 unspecified atom stereocenters. The number of likely N-dealkylation sites (N-methyl/N-ethyl adjacent to an activating group) is 1. The van der Waals surface area contributed by atoms with E-state index in [1.54, 1.807) is 32.2 Å². The average molecular weight is 1080 g/mol. The van der Waals surface area contributed by atoms with Crippen molar-refractivity contribution in [1.29, 1.82) is 0 Å². The number of nitrogens with one attached hydrogen (secondary N) is 6. The van der Waals surface area contributed by atoms with E-state index >= 15 is 0 Å². The highest BCUT2D eigenvalue weighted by Crippen LogP contribution is 2.19. The zero-order valence-corrected chi connectivity index (χ0v) is 44.6. The number of aliphatic imine (C=N–C) groups is 1. The Morgan fingerprint density at radius 3 is 1.99 bits per heavy atom. The quantitative estimate of drug-likeness (QED) is 0.0421. The standard InChI is InChI=1S/C53H76N10O14/c1-29(26-30(2)42(77-7)27-35-12-9-8-10-13-35)15-21-37-31(3)45(67)61-40(51(73)74)23-24-43(66)63(6)41(28-64)50(72)57-33(5)47(69)60-39(22-18-34-16-19-36(65)20-17-34)49(71)62-44(52(75)76)32(4)46(68)59-38(48(70)58-37)14-11-25-56-53(54)55/h8-10,12-13,15-17,19-21,26,30-33,37-42,44,64-65H,11,14,18,22-25,27-28H2,1-7H3,(H,57,72)(H,58,70)(H,59,68)(H,60,69)(H,61,67)(H,62,71)(H,73,74)(H,75,76)(H4,54,55,56)/b21-15+,29-26+/t30-,31-,32-,33+,37-,38-,39-,40+,41-,42-,44+/m0/s1. The van der Waals surface area contributed by atoms with Crippen molar-refractivity contribution in [2.45, 2.75) is 128 Å². The molecule has 11 atom stereocenters. The van der Waals surface area contributed by atoms with E-state index in [0.29, 0.717) is 17.6 Å². The molecule has 0 saturated carbocycles. The van der Waals surface area contributed by atoms with Gasteiger partial charge in [-0.2, -0.15) is 0 Å². The van der Waals surface area contributed by atoms with Gasteiger partial charge in [-0.3, -0.25) is 38.6 Å². The van der Waals surface area contributed by atoms with Crippen molar-refractivity contribution in [3.05, 3.63) is 89.5 Å². The van der Waals surface area contributed by atoms with Crippen molar-refractivity contribution in [2.75, 3.05) is 27.3 Å². The Hall–Kier alpha value is -7.86. The van der Waals surface area contributed by atoms with Crippen LogP contribution >= 0.6 is 0 Å². The molecule has 1 aliphatic heterocycles. The molecule has 2 aromatic carbocycles. The van der Waals surface area contributed by atoms with Crippen LogP contribution in [0.4, 0.5) is 0 Å². The number of carboxylic acids is 2. The van der Waals surface area contributed by atoms with Gasteiger partial charge < -0.3 is 73.4 Å². The third-order valence-electron chi connectivity index (χ3n) is 13.2. The van der Waals surface area contributed by atoms with Gasteiger partial charge in [0, 0.05) is 33.0 Å². The molecular formula is C53H76N10O14. The Bertz CT molecular complexity index is 2450. The molecule has 0 aliphatic carbocycles. The minimum absolute atomic E-state index is 0.00250. The Morgan fingerprint density at radius 1 is 0.779 bits per heavy atom. The van der Waals surface area contributed by atoms with Crippen molar-refractivity contribution in [1.82, 2.24) is 36.8 Å². The minimum Gasteiger partial charge on any atom is -0.508 e. The van der Waals surface area contributed by atoms with Gasteiger partial charge in [0.25, 0.3) is 0 Å². The van der Waals surface area contributed by atoms with Crippen LogP contribution in [0.25, 0.3) is 0 Å². The summed E-state index contributed by atoms with van der Waals surface area (Å²) in [7, 11) is 2.77. The molecule has 24 nitrogen and oxygen atoms in total. The van der Waals surface area contributed by atoms with Crippen molar-refractivity contribution in [2.24, 2.45) is 34.2 Å². The van der Waals surface area contributed by atoms with E-state index in [9.17, 15) is 63.6 Å². The normalized spacial score (nSPS) is 25.1. The van der Waals surface area contributed by atoms with Crippen molar-refractivity contribution >= 4 is 59.2 Å². The predicted octanol–water partition coefficient (Wildman–Crippen LogP) is -0.242. The molecule has 422 valence electrons. The molecular weight excluding hydrogens is 1000 g/mol. The molecule has 1 fully saturated rings. The number of aliphatic carboxylic acids is 2. The molecule has 7 amide bonds. The molecule has 1 saturated heterocycles. The summed E-state index contributed by atoms with van der Waals surface area (Å²) in [6.45, 7) is 6.65. The Kier molecular flexibility index (Phi) is 25.7. The van der Waals surface area contributed by atoms with Gasteiger partial charge in [0.1, 0.15) is 42.0 Å². The monoisotopic (exact) mass is 1080 g/mol. The lowest BCUT2D eigenvalue weighted by Crippen LogP contribution is -2.59. The highest BCUT2D eigenvalue weighted by Gasteiger charge is 2.38. The van der Waals surface area contributed by atoms with Gasteiger partial charge in [-0.1, -0.05) is 87.0 Å². The molecule has 24 heteroatoms. The fourth-order valence-electron chi connectivity index (χ4n) is 8.29. The van der Waals surface area contributed by atoms with E-state index in [2.05, 4.69) is 36.9 Å². The lowest BCUT2D eigenvalue weighted by Gasteiger charge is -2.28. The maximum Gasteiger partial charge on any atom is 0.327 e. The molecule has 77 heavy (non-hydrogen) atoms. The summed E-state index contributed by atoms with van der Waals surface area (Å²) in [6, 6.07) is 4.78. The van der Waals surface area contributed by atoms with Crippen LogP contribution < -0.4 is 43.4 Å². The number of hydrogen-bond donors (Lipinski definition) is 12. The van der Waals surface area contributed by atoms with Crippen LogP contribution in [0.15, 0.2) is 83.4 Å². The first-order chi connectivity index (χ1) is 36.4. The smallest absolute Gasteiger partial charge is 0.327 e. The van der Waals surface area contributed by atoms with E-state index in [1.807, 2.05) is 43.3 Å². The summed E-state index contributed by atoms with van der Waals surface area (Å²) in [5, 5.41) is 55.7. The molecule has 1 aliphatic rings. The number of guanidine groups is 1. The van der Waals surface area contributed by atoms with E-state index in [-0.39, 0.29) is 56.0 Å². The second-order valence-corrected chi connectivity index (χ2v) is 19.2. The molecule has 1 heterocycles. The summed E-state index contributed by atoms with van der Waals surface area (Å²) in [5.74, 6) is -13.0. The number of ether oxygens (including phenoxy) is 1. The lowest BCUT2D eigenvalue weighted by molar-refractivity contribution is -0.146. The summed E-state index contributed by atoms with van der Waals surface area (Å²) in [6.07, 6.45) is 4.29. The van der Waals surface area contributed by atoms with Crippen molar-refractivity contribution in [3.63, 3.8) is 0 Å². The largest absolute Gasteiger partial charge is 0.508 e. The van der Waals surface area contributed by atoms with Crippen LogP contribution in [-0.4, -0.2) is 160 Å². The number of methoxy groups -OCH3 is 1. The summed E-state index contributed by atoms with van der Waals surface area (Å²) < 4.78 is 5.82. The number of carbonyl (C=O) groups is 9. The molecule has 0 spiro atoms. The second kappa shape index (κ2) is 31.3. The van der Waals surface area contributed by atoms with Crippen LogP contribution in [0.1, 0.15) is 77.8 Å². The van der Waals surface area contributed by atoms with Crippen LogP contribution in [-0.2, 0) is 60.7 Å². The number of carbonyl (C=O) groups excluding carboxylic acids is 7. The number of allylic oxidation sites excluding steroid dienone is 2. The average Bonchev–Trinajstić information content (AvgIpc) is 3.38. The topological polar surface area (TPSA) is 384 Å². The number of aromatic hydroxyl groups is 1. The molecule has 2 aromatic rings. The lowest BCUT2D eigenvalue weighted by atomic mass is 9.94. The van der Waals surface area contributed by atoms with Gasteiger partial charge in [-0.15, -0.1) is 0 Å². The zero-order valence-electron chi connectivity index (χ0n) is 44.6. The number of nitrogens with zero attached hydrogens (tertiary/aromatic N) is 2. The number of benzene rings is 2. The van der Waals surface area contributed by atoms with E-state index in [1.165, 1.54) is 46.0 Å². The van der Waals surface area contributed by atoms with Crippen molar-refractivity contribution < 1.29 is 68.3 Å². The van der Waals surface area contributed by atoms with Crippen molar-refractivity contribution in [3.8, 4) is 5.75 Å². The SMILES string of the molecule is CO[C@@H](Cc1ccccc1)[C@@H](C)/C=C(C)/C=C/[C@@H]1NC(=O)[C@H](CCCN=C(N)N)NC(=O)[C@@H](C)[C@H](C(=O)O)NC(=O)[C@H](CCc2ccc(O)cc2)NC(=O)[C@@H](C)NC(=O)[C@H](CO)N(C)C(=O)CC[C@H](C(=O)O)NC(=O)[C@H]1C. The predicted molar refractivity (Wildman–Crippen MR) is 283 cm³/mol. The van der Waals surface area contributed by atoms with Gasteiger partial charge in [-0.05, 0) is 75.6 Å². The van der Waals surface area contributed by atoms with E-state index in [4.69, 9.17) is 16.2 Å². The van der Waals surface area contributed by atoms with E-state index < -0.39 is 127 Å². The zero-order chi connectivity index (χ0) is 57.5. The van der Waals surface area contributed by atoms with Crippen LogP contribution in [0.3, 0.4) is 0 Å². The number of amides is 7. The third kappa shape index (κ3) is 20.7. The first-order valence-corrected chi connectivity index (χ1v) is 25.3. The highest BCUT2D eigenvalue weighted by atomic mass is 16.5. The molecule has 14 N–H and O–H groups in total. The van der Waals surface area contributed by atoms with Crippen LogP contribution in [0, 0.1) is 17.8 Å². The Balaban J connectivity index is 2.15. The van der Waals surface area contributed by atoms with Gasteiger partial charge in [0.05, 0.1) is 30.6 Å². The summed E-state index contributed by atoms with van der Waals surface area (Å²) in [5.41, 5.74) is 13.4. The maximum atomic E-state index is 14.5. The van der Waals surface area contributed by atoms with Gasteiger partial charge in [0.15, 0.2) is 5.96 Å².